The van der Waals surface area contributed by atoms with Crippen molar-refractivity contribution in [3.8, 4) is 0 Å². The highest BCUT2D eigenvalue weighted by atomic mass is 15.0. The van der Waals surface area contributed by atoms with Gasteiger partial charge in [0.25, 0.3) is 0 Å². The first-order valence-corrected chi connectivity index (χ1v) is 7.87. The van der Waals surface area contributed by atoms with Gasteiger partial charge in [-0.05, 0) is 54.4 Å². The van der Waals surface area contributed by atoms with Crippen LogP contribution in [0.5, 0.6) is 0 Å². The monoisotopic (exact) mass is 270 g/mol. The van der Waals surface area contributed by atoms with Crippen LogP contribution >= 0.6 is 0 Å². The van der Waals surface area contributed by atoms with Crippen molar-refractivity contribution >= 4 is 10.9 Å². The molecule has 1 aliphatic rings. The lowest BCUT2D eigenvalue weighted by molar-refractivity contribution is 0.591. The van der Waals surface area contributed by atoms with Gasteiger partial charge in [-0.1, -0.05) is 26.8 Å². The van der Waals surface area contributed by atoms with Crippen molar-refractivity contribution < 1.29 is 0 Å². The maximum absolute atomic E-state index is 5.82. The lowest BCUT2D eigenvalue weighted by Gasteiger charge is -2.19. The van der Waals surface area contributed by atoms with E-state index in [9.17, 15) is 0 Å². The first-order chi connectivity index (χ1) is 9.52. The Balaban J connectivity index is 2.24. The molecule has 1 aliphatic carbocycles. The van der Waals surface area contributed by atoms with E-state index in [0.29, 0.717) is 0 Å². The molecule has 0 amide bonds. The number of benzene rings is 1. The van der Waals surface area contributed by atoms with Crippen LogP contribution in [-0.4, -0.2) is 11.1 Å². The van der Waals surface area contributed by atoms with Gasteiger partial charge in [-0.25, -0.2) is 0 Å². The van der Waals surface area contributed by atoms with Crippen molar-refractivity contribution in [3.63, 3.8) is 0 Å². The SMILES string of the molecule is CC(C)(C)c1ccc2c(c1)c1c(n2CCN)CCCC1. The van der Waals surface area contributed by atoms with E-state index < -0.39 is 0 Å². The number of aromatic nitrogens is 1. The zero-order chi connectivity index (χ0) is 14.3. The standard InChI is InChI=1S/C18H26N2/c1-18(2,3)13-8-9-17-15(12-13)14-6-4-5-7-16(14)20(17)11-10-19/h8-9,12H,4-7,10-11,19H2,1-3H3. The molecular weight excluding hydrogens is 244 g/mol. The first kappa shape index (κ1) is 13.7. The molecule has 0 atom stereocenters. The maximum Gasteiger partial charge on any atom is 0.0486 e. The summed E-state index contributed by atoms with van der Waals surface area (Å²) in [6.07, 6.45) is 5.10. The second kappa shape index (κ2) is 4.92. The van der Waals surface area contributed by atoms with Gasteiger partial charge in [0, 0.05) is 29.7 Å². The predicted octanol–water partition coefficient (Wildman–Crippen LogP) is 3.78. The van der Waals surface area contributed by atoms with Crippen molar-refractivity contribution in [2.24, 2.45) is 5.73 Å². The van der Waals surface area contributed by atoms with Gasteiger partial charge >= 0.3 is 0 Å². The second-order valence-corrected chi connectivity index (χ2v) is 7.05. The Morgan fingerprint density at radius 1 is 1.15 bits per heavy atom. The Kier molecular flexibility index (Phi) is 3.37. The van der Waals surface area contributed by atoms with Crippen LogP contribution in [0, 0.1) is 0 Å². The summed E-state index contributed by atoms with van der Waals surface area (Å²) in [5.41, 5.74) is 12.0. The number of fused-ring (bicyclic) bond motifs is 3. The molecule has 0 unspecified atom stereocenters. The highest BCUT2D eigenvalue weighted by Crippen LogP contribution is 2.35. The molecule has 0 saturated heterocycles. The number of aryl methyl sites for hydroxylation is 1. The molecule has 0 spiro atoms. The van der Waals surface area contributed by atoms with Crippen LogP contribution in [0.25, 0.3) is 10.9 Å². The third-order valence-electron chi connectivity index (χ3n) is 4.60. The van der Waals surface area contributed by atoms with E-state index in [1.54, 1.807) is 11.3 Å². The lowest BCUT2D eigenvalue weighted by Crippen LogP contribution is -2.14. The fourth-order valence-corrected chi connectivity index (χ4v) is 3.49. The zero-order valence-corrected chi connectivity index (χ0v) is 13.0. The van der Waals surface area contributed by atoms with Gasteiger partial charge in [0.2, 0.25) is 0 Å². The van der Waals surface area contributed by atoms with Gasteiger partial charge < -0.3 is 10.3 Å². The molecule has 2 heteroatoms. The molecule has 2 N–H and O–H groups in total. The molecule has 0 bridgehead atoms. The summed E-state index contributed by atoms with van der Waals surface area (Å²) in [6.45, 7) is 8.53. The molecular formula is C18H26N2. The normalized spacial score (nSPS) is 15.6. The molecule has 1 aromatic carbocycles. The van der Waals surface area contributed by atoms with Crippen LogP contribution in [0.3, 0.4) is 0 Å². The number of hydrogen-bond acceptors (Lipinski definition) is 1. The fraction of sp³-hybridized carbons (Fsp3) is 0.556. The molecule has 108 valence electrons. The zero-order valence-electron chi connectivity index (χ0n) is 13.0. The molecule has 3 rings (SSSR count). The van der Waals surface area contributed by atoms with Crippen LogP contribution in [-0.2, 0) is 24.8 Å². The Labute approximate surface area is 122 Å². The first-order valence-electron chi connectivity index (χ1n) is 7.87. The third-order valence-corrected chi connectivity index (χ3v) is 4.60. The number of hydrogen-bond donors (Lipinski definition) is 1. The van der Waals surface area contributed by atoms with E-state index in [0.717, 1.165) is 13.1 Å². The summed E-state index contributed by atoms with van der Waals surface area (Å²) in [5.74, 6) is 0. The Morgan fingerprint density at radius 3 is 2.60 bits per heavy atom. The van der Waals surface area contributed by atoms with Gasteiger partial charge in [0.05, 0.1) is 0 Å². The Morgan fingerprint density at radius 2 is 1.90 bits per heavy atom. The van der Waals surface area contributed by atoms with Crippen LogP contribution in [0.15, 0.2) is 18.2 Å². The Hall–Kier alpha value is -1.28. The van der Waals surface area contributed by atoms with Gasteiger partial charge in [-0.2, -0.15) is 0 Å². The quantitative estimate of drug-likeness (QED) is 0.884. The van der Waals surface area contributed by atoms with E-state index in [1.165, 1.54) is 42.1 Å². The van der Waals surface area contributed by atoms with Crippen LogP contribution < -0.4 is 5.73 Å². The topological polar surface area (TPSA) is 30.9 Å². The molecule has 0 aliphatic heterocycles. The lowest BCUT2D eigenvalue weighted by atomic mass is 9.85. The minimum atomic E-state index is 0.214. The van der Waals surface area contributed by atoms with E-state index in [1.807, 2.05) is 0 Å². The summed E-state index contributed by atoms with van der Waals surface area (Å²) >= 11 is 0. The predicted molar refractivity (Wildman–Crippen MR) is 86.3 cm³/mol. The molecule has 20 heavy (non-hydrogen) atoms. The molecule has 2 aromatic rings. The van der Waals surface area contributed by atoms with E-state index in [2.05, 4.69) is 43.5 Å². The van der Waals surface area contributed by atoms with Gasteiger partial charge in [-0.15, -0.1) is 0 Å². The van der Waals surface area contributed by atoms with Crippen LogP contribution in [0.4, 0.5) is 0 Å². The number of rotatable bonds is 2. The summed E-state index contributed by atoms with van der Waals surface area (Å²) in [7, 11) is 0. The Bertz CT molecular complexity index is 629. The molecule has 1 heterocycles. The van der Waals surface area contributed by atoms with Gasteiger partial charge in [-0.3, -0.25) is 0 Å². The summed E-state index contributed by atoms with van der Waals surface area (Å²) in [5, 5.41) is 1.47. The van der Waals surface area contributed by atoms with Crippen molar-refractivity contribution in [2.75, 3.05) is 6.54 Å². The largest absolute Gasteiger partial charge is 0.343 e. The summed E-state index contributed by atoms with van der Waals surface area (Å²) in [6, 6.07) is 7.03. The summed E-state index contributed by atoms with van der Waals surface area (Å²) in [4.78, 5) is 0. The molecule has 0 fully saturated rings. The smallest absolute Gasteiger partial charge is 0.0486 e. The third kappa shape index (κ3) is 2.16. The van der Waals surface area contributed by atoms with Crippen molar-refractivity contribution in [1.29, 1.82) is 0 Å². The molecule has 2 nitrogen and oxygen atoms in total. The number of nitrogens with two attached hydrogens (primary N) is 1. The minimum Gasteiger partial charge on any atom is -0.343 e. The van der Waals surface area contributed by atoms with Gasteiger partial charge in [0.1, 0.15) is 0 Å². The average Bonchev–Trinajstić information content (AvgIpc) is 2.73. The van der Waals surface area contributed by atoms with E-state index in [-0.39, 0.29) is 5.41 Å². The van der Waals surface area contributed by atoms with E-state index in [4.69, 9.17) is 5.73 Å². The highest BCUT2D eigenvalue weighted by Gasteiger charge is 2.21. The van der Waals surface area contributed by atoms with Crippen molar-refractivity contribution in [2.45, 2.75) is 58.4 Å². The summed E-state index contributed by atoms with van der Waals surface area (Å²) < 4.78 is 2.47. The maximum atomic E-state index is 5.82. The highest BCUT2D eigenvalue weighted by molar-refractivity contribution is 5.86. The minimum absolute atomic E-state index is 0.214. The van der Waals surface area contributed by atoms with Crippen LogP contribution in [0.2, 0.25) is 0 Å². The number of nitrogens with zero attached hydrogens (tertiary/aromatic N) is 1. The molecule has 0 radical (unpaired) electrons. The molecule has 1 aromatic heterocycles. The van der Waals surface area contributed by atoms with E-state index >= 15 is 0 Å². The average molecular weight is 270 g/mol. The van der Waals surface area contributed by atoms with Crippen LogP contribution in [0.1, 0.15) is 50.4 Å². The fourth-order valence-electron chi connectivity index (χ4n) is 3.49. The van der Waals surface area contributed by atoms with Crippen molar-refractivity contribution in [1.82, 2.24) is 4.57 Å². The van der Waals surface area contributed by atoms with Crippen molar-refractivity contribution in [3.05, 3.63) is 35.0 Å². The van der Waals surface area contributed by atoms with Gasteiger partial charge in [0.15, 0.2) is 0 Å². The molecule has 0 saturated carbocycles. The second-order valence-electron chi connectivity index (χ2n) is 7.05.